The van der Waals surface area contributed by atoms with Crippen molar-refractivity contribution < 1.29 is 13.2 Å². The van der Waals surface area contributed by atoms with Gasteiger partial charge in [-0.3, -0.25) is 4.79 Å². The standard InChI is InChI=1S/C18H22N2O3S/c1-3-12-19-24(22,23)17-11-7-10-16(13-17)18(21)20-14(2)15-8-5-4-6-9-15/h4-11,13-14,19H,3,12H2,1-2H3,(H,20,21). The van der Waals surface area contributed by atoms with Crippen LogP contribution in [0.4, 0.5) is 0 Å². The summed E-state index contributed by atoms with van der Waals surface area (Å²) in [6, 6.07) is 15.5. The zero-order valence-corrected chi connectivity index (χ0v) is 14.6. The van der Waals surface area contributed by atoms with Crippen molar-refractivity contribution in [2.24, 2.45) is 0 Å². The number of hydrogen-bond acceptors (Lipinski definition) is 3. The van der Waals surface area contributed by atoms with Gasteiger partial charge in [0.2, 0.25) is 10.0 Å². The minimum Gasteiger partial charge on any atom is -0.346 e. The number of hydrogen-bond donors (Lipinski definition) is 2. The smallest absolute Gasteiger partial charge is 0.251 e. The molecule has 0 fully saturated rings. The first-order valence-corrected chi connectivity index (χ1v) is 9.38. The third-order valence-electron chi connectivity index (χ3n) is 3.60. The number of benzene rings is 2. The normalized spacial score (nSPS) is 12.6. The molecule has 5 nitrogen and oxygen atoms in total. The first kappa shape index (κ1) is 18.2. The highest BCUT2D eigenvalue weighted by atomic mass is 32.2. The van der Waals surface area contributed by atoms with Crippen molar-refractivity contribution in [3.63, 3.8) is 0 Å². The predicted molar refractivity (Wildman–Crippen MR) is 94.2 cm³/mol. The first-order valence-electron chi connectivity index (χ1n) is 7.89. The van der Waals surface area contributed by atoms with Gasteiger partial charge in [0.15, 0.2) is 0 Å². The van der Waals surface area contributed by atoms with Gasteiger partial charge in [-0.25, -0.2) is 13.1 Å². The fraction of sp³-hybridized carbons (Fsp3) is 0.278. The third kappa shape index (κ3) is 4.66. The van der Waals surface area contributed by atoms with Gasteiger partial charge < -0.3 is 5.32 Å². The second-order valence-electron chi connectivity index (χ2n) is 5.53. The number of sulfonamides is 1. The molecule has 2 aromatic rings. The van der Waals surface area contributed by atoms with Crippen molar-refractivity contribution in [2.45, 2.75) is 31.2 Å². The zero-order chi connectivity index (χ0) is 17.6. The van der Waals surface area contributed by atoms with Gasteiger partial charge in [-0.2, -0.15) is 0 Å². The van der Waals surface area contributed by atoms with E-state index in [-0.39, 0.29) is 16.8 Å². The maximum absolute atomic E-state index is 12.4. The van der Waals surface area contributed by atoms with Crippen LogP contribution < -0.4 is 10.0 Å². The molecule has 0 saturated carbocycles. The summed E-state index contributed by atoms with van der Waals surface area (Å²) in [4.78, 5) is 12.5. The van der Waals surface area contributed by atoms with Crippen LogP contribution in [-0.2, 0) is 10.0 Å². The predicted octanol–water partition coefficient (Wildman–Crippen LogP) is 2.87. The lowest BCUT2D eigenvalue weighted by atomic mass is 10.1. The van der Waals surface area contributed by atoms with E-state index in [1.54, 1.807) is 12.1 Å². The fourth-order valence-electron chi connectivity index (χ4n) is 2.23. The molecule has 2 N–H and O–H groups in total. The lowest BCUT2D eigenvalue weighted by molar-refractivity contribution is 0.0939. The Labute approximate surface area is 143 Å². The largest absolute Gasteiger partial charge is 0.346 e. The molecule has 6 heteroatoms. The van der Waals surface area contributed by atoms with Crippen LogP contribution in [0.5, 0.6) is 0 Å². The second-order valence-corrected chi connectivity index (χ2v) is 7.30. The van der Waals surface area contributed by atoms with Crippen molar-refractivity contribution in [3.8, 4) is 0 Å². The van der Waals surface area contributed by atoms with Gasteiger partial charge in [-0.15, -0.1) is 0 Å². The average Bonchev–Trinajstić information content (AvgIpc) is 2.61. The highest BCUT2D eigenvalue weighted by Gasteiger charge is 2.16. The fourth-order valence-corrected chi connectivity index (χ4v) is 3.41. The molecule has 0 aliphatic carbocycles. The molecule has 0 aliphatic rings. The average molecular weight is 346 g/mol. The van der Waals surface area contributed by atoms with Crippen molar-refractivity contribution in [3.05, 3.63) is 65.7 Å². The molecule has 0 saturated heterocycles. The summed E-state index contributed by atoms with van der Waals surface area (Å²) >= 11 is 0. The molecule has 1 unspecified atom stereocenters. The van der Waals surface area contributed by atoms with Gasteiger partial charge in [-0.1, -0.05) is 43.3 Å². The maximum Gasteiger partial charge on any atom is 0.251 e. The Morgan fingerprint density at radius 1 is 1.08 bits per heavy atom. The van der Waals surface area contributed by atoms with Crippen LogP contribution in [0.2, 0.25) is 0 Å². The first-order chi connectivity index (χ1) is 11.4. The molecule has 0 heterocycles. The van der Waals surface area contributed by atoms with Gasteiger partial charge in [0.1, 0.15) is 0 Å². The van der Waals surface area contributed by atoms with Crippen molar-refractivity contribution in [1.29, 1.82) is 0 Å². The molecule has 128 valence electrons. The highest BCUT2D eigenvalue weighted by molar-refractivity contribution is 7.89. The van der Waals surface area contributed by atoms with E-state index in [0.717, 1.165) is 5.56 Å². The molecule has 1 amide bonds. The van der Waals surface area contributed by atoms with Crippen molar-refractivity contribution in [1.82, 2.24) is 10.0 Å². The lowest BCUT2D eigenvalue weighted by Gasteiger charge is -2.15. The molecule has 0 bridgehead atoms. The van der Waals surface area contributed by atoms with Crippen molar-refractivity contribution in [2.75, 3.05) is 6.54 Å². The SMILES string of the molecule is CCCNS(=O)(=O)c1cccc(C(=O)NC(C)c2ccccc2)c1. The van der Waals surface area contributed by atoms with Gasteiger partial charge in [0, 0.05) is 12.1 Å². The van der Waals surface area contributed by atoms with Gasteiger partial charge in [0.25, 0.3) is 5.91 Å². The van der Waals surface area contributed by atoms with Crippen LogP contribution in [-0.4, -0.2) is 20.9 Å². The second kappa shape index (κ2) is 8.08. The molecular formula is C18H22N2O3S. The van der Waals surface area contributed by atoms with Crippen LogP contribution in [0, 0.1) is 0 Å². The molecule has 1 atom stereocenters. The van der Waals surface area contributed by atoms with Gasteiger partial charge in [-0.05, 0) is 37.1 Å². The van der Waals surface area contributed by atoms with E-state index in [4.69, 9.17) is 0 Å². The molecule has 2 aromatic carbocycles. The van der Waals surface area contributed by atoms with Crippen LogP contribution in [0.25, 0.3) is 0 Å². The molecule has 2 rings (SSSR count). The monoisotopic (exact) mass is 346 g/mol. The summed E-state index contributed by atoms with van der Waals surface area (Å²) in [6.45, 7) is 4.14. The Bertz CT molecular complexity index is 789. The van der Waals surface area contributed by atoms with Gasteiger partial charge >= 0.3 is 0 Å². The maximum atomic E-state index is 12.4. The van der Waals surface area contributed by atoms with E-state index in [2.05, 4.69) is 10.0 Å². The van der Waals surface area contributed by atoms with E-state index >= 15 is 0 Å². The molecule has 0 spiro atoms. The minimum atomic E-state index is -3.59. The lowest BCUT2D eigenvalue weighted by Crippen LogP contribution is -2.28. The Morgan fingerprint density at radius 2 is 1.79 bits per heavy atom. The third-order valence-corrected chi connectivity index (χ3v) is 5.05. The summed E-state index contributed by atoms with van der Waals surface area (Å²) in [6.07, 6.45) is 0.702. The molecule has 0 aromatic heterocycles. The Balaban J connectivity index is 2.15. The summed E-state index contributed by atoms with van der Waals surface area (Å²) in [5, 5.41) is 2.88. The van der Waals surface area contributed by atoms with Crippen LogP contribution in [0.1, 0.15) is 42.2 Å². The number of amides is 1. The van der Waals surface area contributed by atoms with E-state index in [1.165, 1.54) is 12.1 Å². The number of carbonyl (C=O) groups excluding carboxylic acids is 1. The molecule has 24 heavy (non-hydrogen) atoms. The number of carbonyl (C=O) groups is 1. The minimum absolute atomic E-state index is 0.0935. The highest BCUT2D eigenvalue weighted by Crippen LogP contribution is 2.15. The topological polar surface area (TPSA) is 75.3 Å². The zero-order valence-electron chi connectivity index (χ0n) is 13.8. The van der Waals surface area contributed by atoms with E-state index in [0.29, 0.717) is 18.5 Å². The summed E-state index contributed by atoms with van der Waals surface area (Å²) in [5.41, 5.74) is 1.30. The van der Waals surface area contributed by atoms with E-state index < -0.39 is 10.0 Å². The van der Waals surface area contributed by atoms with Crippen LogP contribution >= 0.6 is 0 Å². The van der Waals surface area contributed by atoms with E-state index in [9.17, 15) is 13.2 Å². The Morgan fingerprint density at radius 3 is 2.46 bits per heavy atom. The number of nitrogens with one attached hydrogen (secondary N) is 2. The summed E-state index contributed by atoms with van der Waals surface area (Å²) < 4.78 is 26.8. The molecular weight excluding hydrogens is 324 g/mol. The van der Waals surface area contributed by atoms with E-state index in [1.807, 2.05) is 44.2 Å². The number of rotatable bonds is 7. The van der Waals surface area contributed by atoms with Crippen molar-refractivity contribution >= 4 is 15.9 Å². The molecule has 0 aliphatic heterocycles. The van der Waals surface area contributed by atoms with Crippen LogP contribution in [0.3, 0.4) is 0 Å². The van der Waals surface area contributed by atoms with Crippen LogP contribution in [0.15, 0.2) is 59.5 Å². The summed E-state index contributed by atoms with van der Waals surface area (Å²) in [7, 11) is -3.59. The summed E-state index contributed by atoms with van der Waals surface area (Å²) in [5.74, 6) is -0.307. The Hall–Kier alpha value is -2.18. The molecule has 0 radical (unpaired) electrons. The van der Waals surface area contributed by atoms with Gasteiger partial charge in [0.05, 0.1) is 10.9 Å². The Kier molecular flexibility index (Phi) is 6.11. The quantitative estimate of drug-likeness (QED) is 0.809.